The van der Waals surface area contributed by atoms with Crippen LogP contribution >= 0.6 is 43.2 Å². The van der Waals surface area contributed by atoms with E-state index in [4.69, 9.17) is 5.73 Å². The molecule has 0 saturated heterocycles. The largest absolute Gasteiger partial charge is 0.323 e. The molecule has 0 aliphatic heterocycles. The molecule has 2 N–H and O–H groups in total. The Labute approximate surface area is 119 Å². The third-order valence-corrected chi connectivity index (χ3v) is 6.31. The van der Waals surface area contributed by atoms with E-state index in [1.54, 1.807) is 11.3 Å². The van der Waals surface area contributed by atoms with Crippen molar-refractivity contribution in [2.75, 3.05) is 0 Å². The molecule has 1 aromatic heterocycles. The van der Waals surface area contributed by atoms with Gasteiger partial charge in [-0.05, 0) is 50.3 Å². The van der Waals surface area contributed by atoms with E-state index in [0.717, 1.165) is 14.7 Å². The second kappa shape index (κ2) is 7.14. The van der Waals surface area contributed by atoms with Gasteiger partial charge in [0.2, 0.25) is 0 Å². The minimum Gasteiger partial charge on any atom is -0.323 e. The Kier molecular flexibility index (Phi) is 6.55. The molecule has 0 aromatic carbocycles. The zero-order valence-corrected chi connectivity index (χ0v) is 13.8. The molecule has 1 aromatic rings. The van der Waals surface area contributed by atoms with Crippen molar-refractivity contribution in [1.29, 1.82) is 0 Å². The molecule has 0 bridgehead atoms. The molecule has 4 heteroatoms. The molecule has 1 nitrogen and oxygen atoms in total. The van der Waals surface area contributed by atoms with Crippen LogP contribution in [0, 0.1) is 5.92 Å². The zero-order chi connectivity index (χ0) is 12.1. The molecule has 0 radical (unpaired) electrons. The minimum atomic E-state index is 0.184. The standard InChI is InChI=1S/C12H19Br2NS/c1-3-5-6-8(4-2)11(15)10-7-9(13)12(14)16-10/h7-8,11H,3-6,15H2,1-2H3. The summed E-state index contributed by atoms with van der Waals surface area (Å²) in [6.07, 6.45) is 4.93. The van der Waals surface area contributed by atoms with Gasteiger partial charge in [-0.25, -0.2) is 0 Å². The number of halogens is 2. The van der Waals surface area contributed by atoms with Crippen LogP contribution in [0.2, 0.25) is 0 Å². The highest BCUT2D eigenvalue weighted by Gasteiger charge is 2.20. The van der Waals surface area contributed by atoms with Crippen molar-refractivity contribution in [1.82, 2.24) is 0 Å². The maximum Gasteiger partial charge on any atom is 0.0843 e. The van der Waals surface area contributed by atoms with Crippen molar-refractivity contribution in [2.45, 2.75) is 45.6 Å². The van der Waals surface area contributed by atoms with Gasteiger partial charge in [0, 0.05) is 15.4 Å². The van der Waals surface area contributed by atoms with Crippen molar-refractivity contribution in [2.24, 2.45) is 11.7 Å². The van der Waals surface area contributed by atoms with Crippen LogP contribution in [-0.2, 0) is 0 Å². The van der Waals surface area contributed by atoms with Crippen LogP contribution in [0.5, 0.6) is 0 Å². The maximum absolute atomic E-state index is 6.34. The van der Waals surface area contributed by atoms with Gasteiger partial charge in [0.25, 0.3) is 0 Å². The first-order chi connectivity index (χ1) is 7.60. The molecule has 0 spiro atoms. The Morgan fingerprint density at radius 2 is 2.06 bits per heavy atom. The predicted molar refractivity (Wildman–Crippen MR) is 80.0 cm³/mol. The molecule has 2 unspecified atom stereocenters. The average molecular weight is 369 g/mol. The fraction of sp³-hybridized carbons (Fsp3) is 0.667. The van der Waals surface area contributed by atoms with E-state index in [1.807, 2.05) is 0 Å². The molecular weight excluding hydrogens is 350 g/mol. The van der Waals surface area contributed by atoms with E-state index >= 15 is 0 Å². The number of thiophene rings is 1. The molecule has 0 aliphatic rings. The lowest BCUT2D eigenvalue weighted by atomic mass is 9.91. The molecule has 2 atom stereocenters. The second-order valence-electron chi connectivity index (χ2n) is 4.11. The normalized spacial score (nSPS) is 15.1. The number of rotatable bonds is 6. The molecule has 0 amide bonds. The first kappa shape index (κ1) is 14.7. The van der Waals surface area contributed by atoms with Crippen molar-refractivity contribution < 1.29 is 0 Å². The number of hydrogen-bond acceptors (Lipinski definition) is 2. The van der Waals surface area contributed by atoms with E-state index in [9.17, 15) is 0 Å². The summed E-state index contributed by atoms with van der Waals surface area (Å²) in [4.78, 5) is 1.28. The maximum atomic E-state index is 6.34. The average Bonchev–Trinajstić information content (AvgIpc) is 2.60. The Hall–Kier alpha value is 0.620. The lowest BCUT2D eigenvalue weighted by molar-refractivity contribution is 0.382. The summed E-state index contributed by atoms with van der Waals surface area (Å²) >= 11 is 8.78. The van der Waals surface area contributed by atoms with Crippen LogP contribution in [0.4, 0.5) is 0 Å². The van der Waals surface area contributed by atoms with Crippen molar-refractivity contribution >= 4 is 43.2 Å². The summed E-state index contributed by atoms with van der Waals surface area (Å²) in [5.74, 6) is 0.609. The summed E-state index contributed by atoms with van der Waals surface area (Å²) in [6.45, 7) is 4.47. The Morgan fingerprint density at radius 3 is 2.50 bits per heavy atom. The summed E-state index contributed by atoms with van der Waals surface area (Å²) < 4.78 is 2.26. The summed E-state index contributed by atoms with van der Waals surface area (Å²) in [5, 5.41) is 0. The SMILES string of the molecule is CCCCC(CC)C(N)c1cc(Br)c(Br)s1. The monoisotopic (exact) mass is 367 g/mol. The van der Waals surface area contributed by atoms with E-state index in [1.165, 1.54) is 24.1 Å². The smallest absolute Gasteiger partial charge is 0.0843 e. The van der Waals surface area contributed by atoms with Crippen molar-refractivity contribution in [3.8, 4) is 0 Å². The molecule has 16 heavy (non-hydrogen) atoms. The topological polar surface area (TPSA) is 26.0 Å². The van der Waals surface area contributed by atoms with Gasteiger partial charge >= 0.3 is 0 Å². The van der Waals surface area contributed by atoms with Gasteiger partial charge in [0.1, 0.15) is 0 Å². The van der Waals surface area contributed by atoms with Gasteiger partial charge in [0.15, 0.2) is 0 Å². The molecule has 0 aliphatic carbocycles. The van der Waals surface area contributed by atoms with Gasteiger partial charge < -0.3 is 5.73 Å². The Bertz CT molecular complexity index is 305. The first-order valence-corrected chi connectivity index (χ1v) is 8.20. The van der Waals surface area contributed by atoms with Crippen LogP contribution in [0.15, 0.2) is 14.3 Å². The van der Waals surface area contributed by atoms with Crippen LogP contribution in [0.3, 0.4) is 0 Å². The van der Waals surface area contributed by atoms with E-state index in [0.29, 0.717) is 5.92 Å². The predicted octanol–water partition coefficient (Wildman–Crippen LogP) is 5.49. The highest BCUT2D eigenvalue weighted by Crippen LogP contribution is 2.38. The molecule has 0 fully saturated rings. The van der Waals surface area contributed by atoms with Gasteiger partial charge in [-0.3, -0.25) is 0 Å². The first-order valence-electron chi connectivity index (χ1n) is 5.80. The second-order valence-corrected chi connectivity index (χ2v) is 7.36. The molecular formula is C12H19Br2NS. The van der Waals surface area contributed by atoms with E-state index < -0.39 is 0 Å². The van der Waals surface area contributed by atoms with Gasteiger partial charge in [-0.15, -0.1) is 11.3 Å². The van der Waals surface area contributed by atoms with E-state index in [2.05, 4.69) is 51.8 Å². The Balaban J connectivity index is 2.70. The molecule has 92 valence electrons. The fourth-order valence-electron chi connectivity index (χ4n) is 1.86. The Morgan fingerprint density at radius 1 is 1.38 bits per heavy atom. The number of unbranched alkanes of at least 4 members (excludes halogenated alkanes) is 1. The summed E-state index contributed by atoms with van der Waals surface area (Å²) in [7, 11) is 0. The minimum absolute atomic E-state index is 0.184. The lowest BCUT2D eigenvalue weighted by Crippen LogP contribution is -2.19. The van der Waals surface area contributed by atoms with Crippen molar-refractivity contribution in [3.05, 3.63) is 19.2 Å². The molecule has 1 rings (SSSR count). The highest BCUT2D eigenvalue weighted by atomic mass is 79.9. The van der Waals surface area contributed by atoms with Crippen LogP contribution in [0.1, 0.15) is 50.4 Å². The third kappa shape index (κ3) is 3.83. The summed E-state index contributed by atoms with van der Waals surface area (Å²) in [5.41, 5.74) is 6.34. The quantitative estimate of drug-likeness (QED) is 0.705. The van der Waals surface area contributed by atoms with Crippen molar-refractivity contribution in [3.63, 3.8) is 0 Å². The summed E-state index contributed by atoms with van der Waals surface area (Å²) in [6, 6.07) is 2.33. The van der Waals surface area contributed by atoms with Crippen LogP contribution < -0.4 is 5.73 Å². The molecule has 0 saturated carbocycles. The van der Waals surface area contributed by atoms with Gasteiger partial charge in [-0.2, -0.15) is 0 Å². The van der Waals surface area contributed by atoms with E-state index in [-0.39, 0.29) is 6.04 Å². The zero-order valence-electron chi connectivity index (χ0n) is 9.80. The van der Waals surface area contributed by atoms with Gasteiger partial charge in [0.05, 0.1) is 3.79 Å². The van der Waals surface area contributed by atoms with Crippen LogP contribution in [0.25, 0.3) is 0 Å². The molecule has 1 heterocycles. The fourth-order valence-corrected chi connectivity index (χ4v) is 4.05. The third-order valence-electron chi connectivity index (χ3n) is 2.95. The number of nitrogens with two attached hydrogens (primary N) is 1. The lowest BCUT2D eigenvalue weighted by Gasteiger charge is -2.21. The van der Waals surface area contributed by atoms with Gasteiger partial charge in [-0.1, -0.05) is 33.1 Å². The highest BCUT2D eigenvalue weighted by molar-refractivity contribution is 9.13. The number of hydrogen-bond donors (Lipinski definition) is 1. The van der Waals surface area contributed by atoms with Crippen LogP contribution in [-0.4, -0.2) is 0 Å².